The molecule has 0 fully saturated rings. The predicted molar refractivity (Wildman–Crippen MR) is 73.1 cm³/mol. The molecule has 0 radical (unpaired) electrons. The molecule has 1 N–H and O–H groups in total. The molecule has 0 aliphatic rings. The topological polar surface area (TPSA) is 55.1 Å². The molecule has 4 heteroatoms. The van der Waals surface area contributed by atoms with Crippen LogP contribution in [0.2, 0.25) is 0 Å². The number of anilines is 1. The zero-order valence-electron chi connectivity index (χ0n) is 10.4. The van der Waals surface area contributed by atoms with Crippen LogP contribution >= 0.6 is 0 Å². The van der Waals surface area contributed by atoms with Gasteiger partial charge in [0, 0.05) is 11.6 Å². The molecule has 0 aliphatic heterocycles. The molecule has 0 spiro atoms. The normalized spacial score (nSPS) is 10.6. The van der Waals surface area contributed by atoms with Crippen LogP contribution in [0.3, 0.4) is 0 Å². The fraction of sp³-hybridized carbons (Fsp3) is 0.0667. The molecule has 0 atom stereocenters. The van der Waals surface area contributed by atoms with Crippen LogP contribution in [-0.2, 0) is 0 Å². The maximum atomic E-state index is 12.3. The Morgan fingerprint density at radius 2 is 1.95 bits per heavy atom. The predicted octanol–water partition coefficient (Wildman–Crippen LogP) is 3.39. The van der Waals surface area contributed by atoms with Gasteiger partial charge in [0.1, 0.15) is 17.2 Å². The average molecular weight is 252 g/mol. The van der Waals surface area contributed by atoms with Crippen molar-refractivity contribution in [2.24, 2.45) is 0 Å². The van der Waals surface area contributed by atoms with Gasteiger partial charge < -0.3 is 9.73 Å². The number of rotatable bonds is 2. The van der Waals surface area contributed by atoms with Crippen molar-refractivity contribution in [2.75, 3.05) is 5.32 Å². The van der Waals surface area contributed by atoms with E-state index in [0.29, 0.717) is 22.7 Å². The minimum Gasteiger partial charge on any atom is -0.461 e. The summed E-state index contributed by atoms with van der Waals surface area (Å²) in [4.78, 5) is 16.4. The van der Waals surface area contributed by atoms with E-state index in [1.165, 1.54) is 0 Å². The van der Waals surface area contributed by atoms with Crippen molar-refractivity contribution < 1.29 is 9.21 Å². The van der Waals surface area contributed by atoms with Crippen LogP contribution in [0.15, 0.2) is 53.1 Å². The maximum Gasteiger partial charge on any atom is 0.260 e. The SMILES string of the molecule is Cc1oc2ccccc2c1C(=O)Nc1ccccn1. The number of para-hydroxylation sites is 1. The third-order valence-electron chi connectivity index (χ3n) is 2.91. The van der Waals surface area contributed by atoms with E-state index in [1.54, 1.807) is 25.3 Å². The zero-order chi connectivity index (χ0) is 13.2. The van der Waals surface area contributed by atoms with Crippen molar-refractivity contribution in [1.82, 2.24) is 4.98 Å². The summed E-state index contributed by atoms with van der Waals surface area (Å²) >= 11 is 0. The molecule has 4 nitrogen and oxygen atoms in total. The molecule has 3 aromatic rings. The van der Waals surface area contributed by atoms with E-state index >= 15 is 0 Å². The Labute approximate surface area is 110 Å². The van der Waals surface area contributed by atoms with E-state index in [4.69, 9.17) is 4.42 Å². The maximum absolute atomic E-state index is 12.3. The van der Waals surface area contributed by atoms with E-state index in [1.807, 2.05) is 30.3 Å². The van der Waals surface area contributed by atoms with Gasteiger partial charge in [0.2, 0.25) is 0 Å². The fourth-order valence-corrected chi connectivity index (χ4v) is 2.07. The van der Waals surface area contributed by atoms with Gasteiger partial charge in [0.25, 0.3) is 5.91 Å². The number of pyridine rings is 1. The standard InChI is InChI=1S/C15H12N2O2/c1-10-14(11-6-2-3-7-12(11)19-10)15(18)17-13-8-4-5-9-16-13/h2-9H,1H3,(H,16,17,18). The van der Waals surface area contributed by atoms with Gasteiger partial charge in [-0.05, 0) is 25.1 Å². The summed E-state index contributed by atoms with van der Waals surface area (Å²) in [6.07, 6.45) is 1.63. The second-order valence-electron chi connectivity index (χ2n) is 4.20. The van der Waals surface area contributed by atoms with Gasteiger partial charge in [-0.1, -0.05) is 24.3 Å². The number of fused-ring (bicyclic) bond motifs is 1. The van der Waals surface area contributed by atoms with Crippen molar-refractivity contribution in [2.45, 2.75) is 6.92 Å². The van der Waals surface area contributed by atoms with Gasteiger partial charge in [-0.25, -0.2) is 4.98 Å². The molecule has 2 aromatic heterocycles. The molecule has 3 rings (SSSR count). The molecular formula is C15H12N2O2. The number of furan rings is 1. The Morgan fingerprint density at radius 1 is 1.16 bits per heavy atom. The molecule has 94 valence electrons. The lowest BCUT2D eigenvalue weighted by Crippen LogP contribution is -2.13. The minimum absolute atomic E-state index is 0.207. The van der Waals surface area contributed by atoms with Gasteiger partial charge in [0.05, 0.1) is 5.56 Å². The summed E-state index contributed by atoms with van der Waals surface area (Å²) in [6, 6.07) is 12.9. The van der Waals surface area contributed by atoms with Crippen molar-refractivity contribution in [3.8, 4) is 0 Å². The Kier molecular flexibility index (Phi) is 2.76. The Morgan fingerprint density at radius 3 is 2.74 bits per heavy atom. The first kappa shape index (κ1) is 11.5. The second-order valence-corrected chi connectivity index (χ2v) is 4.20. The Hall–Kier alpha value is -2.62. The zero-order valence-corrected chi connectivity index (χ0v) is 10.4. The van der Waals surface area contributed by atoms with Crippen LogP contribution in [0, 0.1) is 6.92 Å². The lowest BCUT2D eigenvalue weighted by molar-refractivity contribution is 0.102. The largest absolute Gasteiger partial charge is 0.461 e. The number of hydrogen-bond acceptors (Lipinski definition) is 3. The molecule has 19 heavy (non-hydrogen) atoms. The number of carbonyl (C=O) groups excluding carboxylic acids is 1. The van der Waals surface area contributed by atoms with Crippen LogP contribution in [0.4, 0.5) is 5.82 Å². The van der Waals surface area contributed by atoms with E-state index < -0.39 is 0 Å². The van der Waals surface area contributed by atoms with Crippen LogP contribution in [0.25, 0.3) is 11.0 Å². The first-order valence-corrected chi connectivity index (χ1v) is 5.96. The lowest BCUT2D eigenvalue weighted by atomic mass is 10.1. The molecule has 0 unspecified atom stereocenters. The van der Waals surface area contributed by atoms with Crippen molar-refractivity contribution in [3.05, 3.63) is 60.0 Å². The summed E-state index contributed by atoms with van der Waals surface area (Å²) < 4.78 is 5.58. The molecular weight excluding hydrogens is 240 g/mol. The van der Waals surface area contributed by atoms with Crippen molar-refractivity contribution in [1.29, 1.82) is 0 Å². The number of amides is 1. The monoisotopic (exact) mass is 252 g/mol. The number of carbonyl (C=O) groups is 1. The summed E-state index contributed by atoms with van der Waals surface area (Å²) in [5.41, 5.74) is 1.27. The van der Waals surface area contributed by atoms with Crippen LogP contribution in [0.5, 0.6) is 0 Å². The highest BCUT2D eigenvalue weighted by Gasteiger charge is 2.17. The van der Waals surface area contributed by atoms with Crippen LogP contribution in [-0.4, -0.2) is 10.9 Å². The van der Waals surface area contributed by atoms with Crippen LogP contribution < -0.4 is 5.32 Å². The van der Waals surface area contributed by atoms with Gasteiger partial charge in [-0.3, -0.25) is 4.79 Å². The Bertz CT molecular complexity index is 732. The molecule has 0 saturated heterocycles. The third kappa shape index (κ3) is 2.08. The van der Waals surface area contributed by atoms with E-state index in [-0.39, 0.29) is 5.91 Å². The molecule has 0 bridgehead atoms. The minimum atomic E-state index is -0.207. The molecule has 1 amide bonds. The number of aryl methyl sites for hydroxylation is 1. The lowest BCUT2D eigenvalue weighted by Gasteiger charge is -2.03. The first-order chi connectivity index (χ1) is 9.25. The van der Waals surface area contributed by atoms with E-state index in [9.17, 15) is 4.79 Å². The van der Waals surface area contributed by atoms with Crippen LogP contribution in [0.1, 0.15) is 16.1 Å². The Balaban J connectivity index is 2.00. The summed E-state index contributed by atoms with van der Waals surface area (Å²) in [6.45, 7) is 1.79. The van der Waals surface area contributed by atoms with E-state index in [2.05, 4.69) is 10.3 Å². The second kappa shape index (κ2) is 4.57. The smallest absolute Gasteiger partial charge is 0.260 e. The van der Waals surface area contributed by atoms with Gasteiger partial charge in [-0.15, -0.1) is 0 Å². The van der Waals surface area contributed by atoms with Gasteiger partial charge >= 0.3 is 0 Å². The number of benzene rings is 1. The molecule has 1 aromatic carbocycles. The quantitative estimate of drug-likeness (QED) is 0.760. The average Bonchev–Trinajstić information content (AvgIpc) is 2.75. The number of nitrogens with zero attached hydrogens (tertiary/aromatic N) is 1. The van der Waals surface area contributed by atoms with Gasteiger partial charge in [-0.2, -0.15) is 0 Å². The fourth-order valence-electron chi connectivity index (χ4n) is 2.07. The molecule has 0 aliphatic carbocycles. The number of hydrogen-bond donors (Lipinski definition) is 1. The summed E-state index contributed by atoms with van der Waals surface area (Å²) in [5, 5.41) is 3.58. The first-order valence-electron chi connectivity index (χ1n) is 5.96. The highest BCUT2D eigenvalue weighted by molar-refractivity contribution is 6.12. The molecule has 2 heterocycles. The highest BCUT2D eigenvalue weighted by atomic mass is 16.3. The highest BCUT2D eigenvalue weighted by Crippen LogP contribution is 2.25. The summed E-state index contributed by atoms with van der Waals surface area (Å²) in [5.74, 6) is 0.924. The van der Waals surface area contributed by atoms with Crippen molar-refractivity contribution >= 4 is 22.7 Å². The van der Waals surface area contributed by atoms with Gasteiger partial charge in [0.15, 0.2) is 0 Å². The van der Waals surface area contributed by atoms with Crippen molar-refractivity contribution in [3.63, 3.8) is 0 Å². The summed E-state index contributed by atoms with van der Waals surface area (Å²) in [7, 11) is 0. The van der Waals surface area contributed by atoms with E-state index in [0.717, 1.165) is 5.39 Å². The third-order valence-corrected chi connectivity index (χ3v) is 2.91. The molecule has 0 saturated carbocycles. The number of nitrogens with one attached hydrogen (secondary N) is 1. The number of aromatic nitrogens is 1.